The van der Waals surface area contributed by atoms with Gasteiger partial charge in [0.25, 0.3) is 5.91 Å². The van der Waals surface area contributed by atoms with Crippen molar-refractivity contribution < 1.29 is 14.3 Å². The van der Waals surface area contributed by atoms with Crippen LogP contribution in [0.5, 0.6) is 5.75 Å². The Morgan fingerprint density at radius 3 is 2.42 bits per heavy atom. The zero-order valence-electron chi connectivity index (χ0n) is 13.4. The predicted octanol–water partition coefficient (Wildman–Crippen LogP) is 4.35. The number of rotatable bonds is 4. The van der Waals surface area contributed by atoms with E-state index in [4.69, 9.17) is 0 Å². The lowest BCUT2D eigenvalue weighted by Gasteiger charge is -2.22. The lowest BCUT2D eigenvalue weighted by Crippen LogP contribution is -2.30. The van der Waals surface area contributed by atoms with Crippen molar-refractivity contribution in [1.82, 2.24) is 4.90 Å². The van der Waals surface area contributed by atoms with E-state index in [0.717, 1.165) is 10.8 Å². The van der Waals surface area contributed by atoms with E-state index < -0.39 is 0 Å². The fourth-order valence-electron chi connectivity index (χ4n) is 2.75. The summed E-state index contributed by atoms with van der Waals surface area (Å²) in [5, 5.41) is 12.0. The van der Waals surface area contributed by atoms with Gasteiger partial charge < -0.3 is 10.0 Å². The van der Waals surface area contributed by atoms with Crippen LogP contribution in [0, 0.1) is 5.82 Å². The first-order chi connectivity index (χ1) is 11.6. The number of carbonyl (C=O) groups excluding carboxylic acids is 1. The van der Waals surface area contributed by atoms with E-state index in [-0.39, 0.29) is 23.0 Å². The zero-order chi connectivity index (χ0) is 17.1. The van der Waals surface area contributed by atoms with Gasteiger partial charge >= 0.3 is 0 Å². The minimum atomic E-state index is -0.329. The summed E-state index contributed by atoms with van der Waals surface area (Å²) in [4.78, 5) is 14.4. The van der Waals surface area contributed by atoms with Crippen molar-refractivity contribution in [2.75, 3.05) is 6.54 Å². The molecular weight excluding hydrogens is 305 g/mol. The lowest BCUT2D eigenvalue weighted by molar-refractivity contribution is 0.0749. The van der Waals surface area contributed by atoms with Crippen LogP contribution in [-0.2, 0) is 6.54 Å². The molecule has 1 amide bonds. The Morgan fingerprint density at radius 1 is 1.04 bits per heavy atom. The third kappa shape index (κ3) is 3.23. The van der Waals surface area contributed by atoms with Crippen LogP contribution in [0.2, 0.25) is 0 Å². The molecule has 0 aliphatic carbocycles. The normalized spacial score (nSPS) is 10.8. The van der Waals surface area contributed by atoms with Gasteiger partial charge in [-0.1, -0.05) is 36.4 Å². The average Bonchev–Trinajstić information content (AvgIpc) is 2.58. The molecule has 0 heterocycles. The van der Waals surface area contributed by atoms with Gasteiger partial charge in [0.2, 0.25) is 0 Å². The summed E-state index contributed by atoms with van der Waals surface area (Å²) in [6, 6.07) is 17.0. The average molecular weight is 323 g/mol. The van der Waals surface area contributed by atoms with Crippen molar-refractivity contribution in [2.45, 2.75) is 13.5 Å². The zero-order valence-corrected chi connectivity index (χ0v) is 13.4. The largest absolute Gasteiger partial charge is 0.507 e. The number of nitrogens with zero attached hydrogens (tertiary/aromatic N) is 1. The van der Waals surface area contributed by atoms with Crippen LogP contribution in [-0.4, -0.2) is 22.5 Å². The molecule has 0 bridgehead atoms. The summed E-state index contributed by atoms with van der Waals surface area (Å²) in [5.41, 5.74) is 0.970. The molecule has 0 unspecified atom stereocenters. The molecule has 0 radical (unpaired) electrons. The van der Waals surface area contributed by atoms with Gasteiger partial charge in [0, 0.05) is 13.1 Å². The number of hydrogen-bond acceptors (Lipinski definition) is 2. The molecular formula is C20H18FNO2. The van der Waals surface area contributed by atoms with E-state index >= 15 is 0 Å². The van der Waals surface area contributed by atoms with Crippen molar-refractivity contribution in [1.29, 1.82) is 0 Å². The summed E-state index contributed by atoms with van der Waals surface area (Å²) in [6.07, 6.45) is 0. The Kier molecular flexibility index (Phi) is 4.47. The summed E-state index contributed by atoms with van der Waals surface area (Å²) < 4.78 is 13.3. The van der Waals surface area contributed by atoms with E-state index in [9.17, 15) is 14.3 Å². The number of phenols is 1. The number of carbonyl (C=O) groups is 1. The number of phenolic OH excluding ortho intramolecular Hbond substituents is 1. The molecule has 3 aromatic rings. The fraction of sp³-hybridized carbons (Fsp3) is 0.150. The van der Waals surface area contributed by atoms with Crippen molar-refractivity contribution in [3.63, 3.8) is 0 Å². The maximum Gasteiger partial charge on any atom is 0.257 e. The van der Waals surface area contributed by atoms with Crippen LogP contribution in [0.3, 0.4) is 0 Å². The molecule has 4 heteroatoms. The highest BCUT2D eigenvalue weighted by Crippen LogP contribution is 2.26. The molecule has 24 heavy (non-hydrogen) atoms. The van der Waals surface area contributed by atoms with Gasteiger partial charge in [-0.25, -0.2) is 4.39 Å². The van der Waals surface area contributed by atoms with Gasteiger partial charge in [0.15, 0.2) is 0 Å². The molecule has 1 N–H and O–H groups in total. The molecule has 0 aliphatic heterocycles. The van der Waals surface area contributed by atoms with Crippen LogP contribution in [0.25, 0.3) is 10.8 Å². The van der Waals surface area contributed by atoms with Crippen LogP contribution in [0.1, 0.15) is 22.8 Å². The highest BCUT2D eigenvalue weighted by Gasteiger charge is 2.19. The number of benzene rings is 3. The van der Waals surface area contributed by atoms with E-state index in [0.29, 0.717) is 18.7 Å². The Labute approximate surface area is 140 Å². The Balaban J connectivity index is 1.92. The van der Waals surface area contributed by atoms with E-state index in [1.165, 1.54) is 12.1 Å². The maximum atomic E-state index is 13.3. The van der Waals surface area contributed by atoms with Crippen LogP contribution in [0.4, 0.5) is 4.39 Å². The first-order valence-corrected chi connectivity index (χ1v) is 7.84. The number of fused-ring (bicyclic) bond motifs is 1. The van der Waals surface area contributed by atoms with Gasteiger partial charge in [-0.05, 0) is 47.5 Å². The molecule has 0 fully saturated rings. The highest BCUT2D eigenvalue weighted by molar-refractivity contribution is 6.01. The van der Waals surface area contributed by atoms with Crippen molar-refractivity contribution >= 4 is 16.7 Å². The first kappa shape index (κ1) is 16.0. The lowest BCUT2D eigenvalue weighted by atomic mass is 10.0. The maximum absolute atomic E-state index is 13.3. The Bertz CT molecular complexity index is 892. The molecule has 0 saturated heterocycles. The SMILES string of the molecule is CCN(Cc1cccc(F)c1)C(=O)c1cc2ccccc2cc1O. The second-order valence-corrected chi connectivity index (χ2v) is 5.67. The van der Waals surface area contributed by atoms with Crippen LogP contribution < -0.4 is 0 Å². The van der Waals surface area contributed by atoms with E-state index in [1.807, 2.05) is 31.2 Å². The Hall–Kier alpha value is -2.88. The number of halogens is 1. The van der Waals surface area contributed by atoms with Crippen molar-refractivity contribution in [3.05, 3.63) is 77.6 Å². The highest BCUT2D eigenvalue weighted by atomic mass is 19.1. The third-order valence-electron chi connectivity index (χ3n) is 4.03. The second-order valence-electron chi connectivity index (χ2n) is 5.67. The predicted molar refractivity (Wildman–Crippen MR) is 92.4 cm³/mol. The minimum Gasteiger partial charge on any atom is -0.507 e. The van der Waals surface area contributed by atoms with Crippen LogP contribution >= 0.6 is 0 Å². The molecule has 3 nitrogen and oxygen atoms in total. The van der Waals surface area contributed by atoms with Gasteiger partial charge in [0.05, 0.1) is 5.56 Å². The van der Waals surface area contributed by atoms with Crippen LogP contribution in [0.15, 0.2) is 60.7 Å². The molecule has 0 aromatic heterocycles. The van der Waals surface area contributed by atoms with E-state index in [1.54, 1.807) is 29.2 Å². The molecule has 0 spiro atoms. The van der Waals surface area contributed by atoms with Crippen molar-refractivity contribution in [3.8, 4) is 5.75 Å². The molecule has 3 aromatic carbocycles. The second kappa shape index (κ2) is 6.71. The minimum absolute atomic E-state index is 0.0450. The molecule has 3 rings (SSSR count). The number of amides is 1. The molecule has 0 aliphatic rings. The van der Waals surface area contributed by atoms with Gasteiger partial charge in [0.1, 0.15) is 11.6 Å². The smallest absolute Gasteiger partial charge is 0.257 e. The summed E-state index contributed by atoms with van der Waals surface area (Å²) >= 11 is 0. The quantitative estimate of drug-likeness (QED) is 0.775. The van der Waals surface area contributed by atoms with E-state index in [2.05, 4.69) is 0 Å². The fourth-order valence-corrected chi connectivity index (χ4v) is 2.75. The van der Waals surface area contributed by atoms with Crippen molar-refractivity contribution in [2.24, 2.45) is 0 Å². The Morgan fingerprint density at radius 2 is 1.75 bits per heavy atom. The number of aromatic hydroxyl groups is 1. The monoisotopic (exact) mass is 323 g/mol. The van der Waals surface area contributed by atoms with Gasteiger partial charge in [-0.2, -0.15) is 0 Å². The van der Waals surface area contributed by atoms with Gasteiger partial charge in [-0.15, -0.1) is 0 Å². The summed E-state index contributed by atoms with van der Waals surface area (Å²) in [6.45, 7) is 2.61. The summed E-state index contributed by atoms with van der Waals surface area (Å²) in [5.74, 6) is -0.647. The molecule has 122 valence electrons. The summed E-state index contributed by atoms with van der Waals surface area (Å²) in [7, 11) is 0. The molecule has 0 atom stereocenters. The molecule has 0 saturated carbocycles. The van der Waals surface area contributed by atoms with Gasteiger partial charge in [-0.3, -0.25) is 4.79 Å². The number of hydrogen-bond donors (Lipinski definition) is 1. The standard InChI is InChI=1S/C20H18FNO2/c1-2-22(13-14-6-5-9-17(21)10-14)20(24)18-11-15-7-3-4-8-16(15)12-19(18)23/h3-12,23H,2,13H2,1H3. The third-order valence-corrected chi connectivity index (χ3v) is 4.03. The topological polar surface area (TPSA) is 40.5 Å². The first-order valence-electron chi connectivity index (χ1n) is 7.84.